The van der Waals surface area contributed by atoms with E-state index in [0.29, 0.717) is 26.6 Å². The monoisotopic (exact) mass is 438 g/mol. The fourth-order valence-corrected chi connectivity index (χ4v) is 3.27. The molecule has 0 aliphatic rings. The summed E-state index contributed by atoms with van der Waals surface area (Å²) in [5, 5.41) is 40.2. The van der Waals surface area contributed by atoms with Gasteiger partial charge < -0.3 is 5.11 Å². The van der Waals surface area contributed by atoms with Crippen LogP contribution in [0.15, 0.2) is 53.6 Å². The summed E-state index contributed by atoms with van der Waals surface area (Å²) in [6.07, 6.45) is 1.89. The Labute approximate surface area is 156 Å². The molecule has 0 bridgehead atoms. The quantitative estimate of drug-likeness (QED) is 0.370. The summed E-state index contributed by atoms with van der Waals surface area (Å²) in [6, 6.07) is 11.2. The van der Waals surface area contributed by atoms with Crippen molar-refractivity contribution in [3.63, 3.8) is 0 Å². The molecular weight excluding hydrogens is 427 g/mol. The number of aromatic hydroxyl groups is 1. The Balaban J connectivity index is 0.000000206. The van der Waals surface area contributed by atoms with Gasteiger partial charge in [0.05, 0.1) is 26.9 Å². The van der Waals surface area contributed by atoms with Gasteiger partial charge in [0.2, 0.25) is 0 Å². The van der Waals surface area contributed by atoms with Crippen LogP contribution < -0.4 is 0 Å². The maximum atomic E-state index is 10.4. The number of rotatable bonds is 4. The number of phenolic OH excluding ortho intramolecular Hbond substituents is 1. The molecule has 0 saturated heterocycles. The van der Waals surface area contributed by atoms with Crippen LogP contribution in [0.25, 0.3) is 10.1 Å². The summed E-state index contributed by atoms with van der Waals surface area (Å²) in [5.74, 6) is -1.21. The summed E-state index contributed by atoms with van der Waals surface area (Å²) in [7, 11) is 0. The minimum atomic E-state index is -1.21. The second-order valence-corrected chi connectivity index (χ2v) is 6.68. The van der Waals surface area contributed by atoms with Crippen molar-refractivity contribution in [3.05, 3.63) is 83.9 Å². The molecule has 0 fully saturated rings. The van der Waals surface area contributed by atoms with Crippen molar-refractivity contribution in [1.29, 1.82) is 0 Å². The first kappa shape index (κ1) is 19.7. The molecule has 1 N–H and O–H groups in total. The second kappa shape index (κ2) is 8.65. The third-order valence-electron chi connectivity index (χ3n) is 3.11. The molecule has 11 nitrogen and oxygen atoms in total. The summed E-state index contributed by atoms with van der Waals surface area (Å²) in [6.45, 7) is 0. The van der Waals surface area contributed by atoms with Crippen LogP contribution in [0.1, 0.15) is 0 Å². The second-order valence-electron chi connectivity index (χ2n) is 4.81. The van der Waals surface area contributed by atoms with Gasteiger partial charge >= 0.3 is 82.5 Å². The molecule has 0 aliphatic heterocycles. The van der Waals surface area contributed by atoms with Gasteiger partial charge in [0.25, 0.3) is 11.4 Å². The number of nitro benzene ring substituents is 3. The van der Waals surface area contributed by atoms with Gasteiger partial charge in [0.1, 0.15) is 0 Å². The van der Waals surface area contributed by atoms with Gasteiger partial charge in [-0.15, -0.1) is 0 Å². The molecule has 138 valence electrons. The fourth-order valence-electron chi connectivity index (χ4n) is 1.92. The van der Waals surface area contributed by atoms with Crippen LogP contribution in [0, 0.1) is 30.3 Å². The zero-order chi connectivity index (χ0) is 20.0. The fraction of sp³-hybridized carbons (Fsp3) is 0. The Morgan fingerprint density at radius 3 is 1.85 bits per heavy atom. The van der Waals surface area contributed by atoms with Crippen molar-refractivity contribution < 1.29 is 19.9 Å². The number of hydrogen-bond donors (Lipinski definition) is 1. The van der Waals surface area contributed by atoms with Gasteiger partial charge in [-0.1, -0.05) is 0 Å². The topological polar surface area (TPSA) is 163 Å². The Kier molecular flexibility index (Phi) is 6.31. The summed E-state index contributed by atoms with van der Waals surface area (Å²) in [4.78, 5) is 34.2. The van der Waals surface area contributed by atoms with Crippen LogP contribution in [0.2, 0.25) is 0 Å². The first-order valence-electron chi connectivity index (χ1n) is 7.06. The maximum absolute atomic E-state index is 10.4. The van der Waals surface area contributed by atoms with E-state index < -0.39 is 37.6 Å². The number of benzene rings is 2. The van der Waals surface area contributed by atoms with E-state index in [2.05, 4.69) is 22.1 Å². The van der Waals surface area contributed by atoms with E-state index in [1.165, 1.54) is 10.1 Å². The molecule has 2 aromatic carbocycles. The van der Waals surface area contributed by atoms with Crippen molar-refractivity contribution in [1.82, 2.24) is 4.98 Å². The average molecular weight is 437 g/mol. The van der Waals surface area contributed by atoms with Gasteiger partial charge in [-0.3, -0.25) is 30.3 Å². The third-order valence-corrected chi connectivity index (χ3v) is 4.84. The van der Waals surface area contributed by atoms with Crippen LogP contribution in [0.4, 0.5) is 17.1 Å². The Hall–Kier alpha value is -3.63. The predicted octanol–water partition coefficient (Wildman–Crippen LogP) is 2.92. The van der Waals surface area contributed by atoms with Gasteiger partial charge in [0, 0.05) is 0 Å². The molecule has 0 atom stereocenters. The number of phenols is 1. The standard InChI is InChI=1S/C9H7NSe.C6H3N3O7/c1-2-4-8(5-3-1)9-10-6-7-11-9;10-6-4(8(13)14)1-3(7(11)12)2-5(6)9(15)16/h1-7H;1-2,10H. The number of hydrogen-bond acceptors (Lipinski definition) is 8. The normalized spacial score (nSPS) is 9.78. The van der Waals surface area contributed by atoms with Gasteiger partial charge in [0.15, 0.2) is 0 Å². The Morgan fingerprint density at radius 2 is 1.44 bits per heavy atom. The van der Waals surface area contributed by atoms with Gasteiger partial charge in [-0.05, 0) is 0 Å². The molecule has 0 radical (unpaired) electrons. The average Bonchev–Trinajstić information content (AvgIpc) is 3.17. The van der Waals surface area contributed by atoms with Crippen molar-refractivity contribution >= 4 is 31.6 Å². The van der Waals surface area contributed by atoms with Crippen LogP contribution in [0.3, 0.4) is 0 Å². The summed E-state index contributed by atoms with van der Waals surface area (Å²) < 4.78 is 1.23. The number of aromatic nitrogens is 1. The molecule has 0 amide bonds. The van der Waals surface area contributed by atoms with Crippen LogP contribution in [-0.4, -0.2) is 39.4 Å². The summed E-state index contributed by atoms with van der Waals surface area (Å²) >= 11 is 0.460. The van der Waals surface area contributed by atoms with Crippen molar-refractivity contribution in [2.45, 2.75) is 0 Å². The Morgan fingerprint density at radius 1 is 0.889 bits per heavy atom. The SMILES string of the molecule is O=[N+]([O-])c1cc([N+](=O)[O-])c(O)c([N+](=O)[O-])c1.c1ccc(-c2ncc[se]2)cc1. The first-order valence-corrected chi connectivity index (χ1v) is 8.91. The molecule has 3 rings (SSSR count). The van der Waals surface area contributed by atoms with E-state index in [-0.39, 0.29) is 0 Å². The molecule has 12 heteroatoms. The molecule has 0 spiro atoms. The van der Waals surface area contributed by atoms with E-state index in [1.54, 1.807) is 0 Å². The number of non-ortho nitro benzene ring substituents is 1. The van der Waals surface area contributed by atoms with E-state index in [4.69, 9.17) is 5.11 Å². The predicted molar refractivity (Wildman–Crippen MR) is 94.7 cm³/mol. The zero-order valence-electron chi connectivity index (χ0n) is 13.3. The molecule has 1 aromatic heterocycles. The zero-order valence-corrected chi connectivity index (χ0v) is 15.0. The molecule has 27 heavy (non-hydrogen) atoms. The molecule has 0 saturated carbocycles. The number of nitro groups is 3. The molecule has 0 unspecified atom stereocenters. The van der Waals surface area contributed by atoms with E-state index in [0.717, 1.165) is 0 Å². The minimum absolute atomic E-state index is 0.447. The summed E-state index contributed by atoms with van der Waals surface area (Å²) in [5.41, 5.74) is -1.74. The van der Waals surface area contributed by atoms with Gasteiger partial charge in [-0.2, -0.15) is 0 Å². The van der Waals surface area contributed by atoms with Crippen LogP contribution >= 0.6 is 0 Å². The molecule has 3 aromatic rings. The van der Waals surface area contributed by atoms with Crippen LogP contribution in [-0.2, 0) is 0 Å². The van der Waals surface area contributed by atoms with E-state index in [1.807, 2.05) is 24.4 Å². The van der Waals surface area contributed by atoms with Gasteiger partial charge in [-0.25, -0.2) is 0 Å². The number of nitrogens with zero attached hydrogens (tertiary/aromatic N) is 4. The van der Waals surface area contributed by atoms with E-state index >= 15 is 0 Å². The van der Waals surface area contributed by atoms with Crippen molar-refractivity contribution in [2.75, 3.05) is 0 Å². The molecule has 1 heterocycles. The molecule has 0 aliphatic carbocycles. The van der Waals surface area contributed by atoms with Crippen LogP contribution in [0.5, 0.6) is 5.75 Å². The third kappa shape index (κ3) is 4.93. The Bertz CT molecular complexity index is 942. The first-order chi connectivity index (χ1) is 12.8. The van der Waals surface area contributed by atoms with E-state index in [9.17, 15) is 30.3 Å². The molecular formula is C15H10N4O7Se. The van der Waals surface area contributed by atoms with Crippen molar-refractivity contribution in [3.8, 4) is 15.9 Å². The van der Waals surface area contributed by atoms with Crippen molar-refractivity contribution in [2.24, 2.45) is 0 Å².